The molecule has 0 aromatic rings. The minimum atomic E-state index is -0.333. The van der Waals surface area contributed by atoms with Crippen molar-refractivity contribution in [3.8, 4) is 0 Å². The molecule has 0 aromatic heterocycles. The predicted molar refractivity (Wildman–Crippen MR) is 37.9 cm³/mol. The quantitative estimate of drug-likeness (QED) is 0.523. The van der Waals surface area contributed by atoms with Crippen molar-refractivity contribution in [2.45, 2.75) is 25.5 Å². The number of carbonyl (C=O) groups is 1. The fraction of sp³-hybridized carbons (Fsp3) is 0.857. The Balaban J connectivity index is 2.59. The van der Waals surface area contributed by atoms with Gasteiger partial charge in [-0.1, -0.05) is 0 Å². The maximum Gasteiger partial charge on any atom is 0.139 e. The van der Waals surface area contributed by atoms with Crippen LogP contribution in [0, 0.1) is 0 Å². The van der Waals surface area contributed by atoms with Crippen LogP contribution in [0.3, 0.4) is 0 Å². The van der Waals surface area contributed by atoms with E-state index in [1.807, 2.05) is 13.8 Å². The van der Waals surface area contributed by atoms with E-state index in [9.17, 15) is 4.79 Å². The molecule has 1 saturated heterocycles. The van der Waals surface area contributed by atoms with Gasteiger partial charge in [-0.25, -0.2) is 0 Å². The fourth-order valence-corrected chi connectivity index (χ4v) is 1.08. The molecule has 1 aliphatic rings. The van der Waals surface area contributed by atoms with E-state index in [1.54, 1.807) is 0 Å². The number of aldehydes is 1. The summed E-state index contributed by atoms with van der Waals surface area (Å²) in [5, 5.41) is 3.07. The van der Waals surface area contributed by atoms with E-state index in [0.717, 1.165) is 12.8 Å². The molecule has 3 nitrogen and oxygen atoms in total. The number of hydrogen-bond donors (Lipinski definition) is 1. The molecule has 1 heterocycles. The van der Waals surface area contributed by atoms with Gasteiger partial charge >= 0.3 is 0 Å². The smallest absolute Gasteiger partial charge is 0.139 e. The molecule has 3 heteroatoms. The van der Waals surface area contributed by atoms with Crippen LogP contribution in [-0.4, -0.2) is 31.1 Å². The minimum absolute atomic E-state index is 0.152. The molecule has 1 aliphatic heterocycles. The lowest BCUT2D eigenvalue weighted by Gasteiger charge is -2.35. The molecule has 0 aliphatic carbocycles. The highest BCUT2D eigenvalue weighted by atomic mass is 16.5. The number of nitrogens with one attached hydrogen (secondary N) is 1. The number of morpholine rings is 1. The Bertz CT molecular complexity index is 134. The first-order valence-electron chi connectivity index (χ1n) is 3.49. The molecule has 1 fully saturated rings. The van der Waals surface area contributed by atoms with Crippen LogP contribution in [0.5, 0.6) is 0 Å². The Morgan fingerprint density at radius 1 is 1.70 bits per heavy atom. The van der Waals surface area contributed by atoms with Gasteiger partial charge in [0.05, 0.1) is 18.2 Å². The summed E-state index contributed by atoms with van der Waals surface area (Å²) in [7, 11) is 0. The van der Waals surface area contributed by atoms with Gasteiger partial charge in [0.15, 0.2) is 0 Å². The van der Waals surface area contributed by atoms with Crippen LogP contribution in [0.2, 0.25) is 0 Å². The Morgan fingerprint density at radius 3 is 2.80 bits per heavy atom. The van der Waals surface area contributed by atoms with E-state index in [2.05, 4.69) is 5.32 Å². The fourth-order valence-electron chi connectivity index (χ4n) is 1.08. The summed E-state index contributed by atoms with van der Waals surface area (Å²) in [4.78, 5) is 10.4. The highest BCUT2D eigenvalue weighted by Crippen LogP contribution is 2.15. The Morgan fingerprint density at radius 2 is 2.40 bits per heavy atom. The van der Waals surface area contributed by atoms with E-state index < -0.39 is 0 Å². The molecule has 1 unspecified atom stereocenters. The second kappa shape index (κ2) is 2.68. The molecule has 1 rings (SSSR count). The average molecular weight is 143 g/mol. The maximum absolute atomic E-state index is 10.4. The third-order valence-electron chi connectivity index (χ3n) is 1.83. The van der Waals surface area contributed by atoms with Gasteiger partial charge in [0.2, 0.25) is 0 Å². The van der Waals surface area contributed by atoms with Gasteiger partial charge in [-0.15, -0.1) is 0 Å². The molecule has 0 saturated carbocycles. The zero-order valence-electron chi connectivity index (χ0n) is 6.39. The monoisotopic (exact) mass is 143 g/mol. The number of rotatable bonds is 1. The summed E-state index contributed by atoms with van der Waals surface area (Å²) in [5.74, 6) is 0. The molecule has 0 bridgehead atoms. The van der Waals surface area contributed by atoms with Crippen LogP contribution in [0.15, 0.2) is 0 Å². The van der Waals surface area contributed by atoms with E-state index >= 15 is 0 Å². The lowest BCUT2D eigenvalue weighted by atomic mass is 9.99. The lowest BCUT2D eigenvalue weighted by Crippen LogP contribution is -2.55. The van der Waals surface area contributed by atoms with Gasteiger partial charge in [-0.2, -0.15) is 0 Å². The van der Waals surface area contributed by atoms with Crippen molar-refractivity contribution in [2.75, 3.05) is 13.2 Å². The minimum Gasteiger partial charge on any atom is -0.372 e. The van der Waals surface area contributed by atoms with Crippen molar-refractivity contribution in [3.05, 3.63) is 0 Å². The van der Waals surface area contributed by atoms with E-state index in [1.165, 1.54) is 0 Å². The van der Waals surface area contributed by atoms with Crippen molar-refractivity contribution < 1.29 is 9.53 Å². The van der Waals surface area contributed by atoms with Crippen molar-refractivity contribution in [1.29, 1.82) is 0 Å². The Hall–Kier alpha value is -0.410. The summed E-state index contributed by atoms with van der Waals surface area (Å²) >= 11 is 0. The molecular formula is C7H13NO2. The number of ether oxygens (including phenoxy) is 1. The molecule has 58 valence electrons. The summed E-state index contributed by atoms with van der Waals surface area (Å²) in [5.41, 5.74) is -0.333. The summed E-state index contributed by atoms with van der Waals surface area (Å²) in [6.45, 7) is 5.29. The standard InChI is InChI=1S/C7H13NO2/c1-7(2)6(5-9)8-3-4-10-7/h5-6,8H,3-4H2,1-2H3. The summed E-state index contributed by atoms with van der Waals surface area (Å²) in [6.07, 6.45) is 0.902. The third-order valence-corrected chi connectivity index (χ3v) is 1.83. The van der Waals surface area contributed by atoms with Crippen molar-refractivity contribution >= 4 is 6.29 Å². The largest absolute Gasteiger partial charge is 0.372 e. The first kappa shape index (κ1) is 7.69. The van der Waals surface area contributed by atoms with Crippen LogP contribution in [0.4, 0.5) is 0 Å². The molecule has 0 radical (unpaired) electrons. The SMILES string of the molecule is CC1(C)OCCNC1C=O. The maximum atomic E-state index is 10.4. The van der Waals surface area contributed by atoms with Gasteiger partial charge in [0.25, 0.3) is 0 Å². The van der Waals surface area contributed by atoms with Crippen molar-refractivity contribution in [2.24, 2.45) is 0 Å². The van der Waals surface area contributed by atoms with Crippen molar-refractivity contribution in [3.63, 3.8) is 0 Å². The van der Waals surface area contributed by atoms with Crippen LogP contribution < -0.4 is 5.32 Å². The highest BCUT2D eigenvalue weighted by Gasteiger charge is 2.32. The second-order valence-corrected chi connectivity index (χ2v) is 3.02. The highest BCUT2D eigenvalue weighted by molar-refractivity contribution is 5.60. The second-order valence-electron chi connectivity index (χ2n) is 3.02. The molecular weight excluding hydrogens is 130 g/mol. The van der Waals surface area contributed by atoms with Crippen LogP contribution in [0.1, 0.15) is 13.8 Å². The third kappa shape index (κ3) is 1.36. The number of carbonyl (C=O) groups excluding carboxylic acids is 1. The van der Waals surface area contributed by atoms with Crippen molar-refractivity contribution in [1.82, 2.24) is 5.32 Å². The van der Waals surface area contributed by atoms with Gasteiger partial charge in [0.1, 0.15) is 6.29 Å². The summed E-state index contributed by atoms with van der Waals surface area (Å²) in [6, 6.07) is -0.152. The van der Waals surface area contributed by atoms with Crippen LogP contribution in [0.25, 0.3) is 0 Å². The van der Waals surface area contributed by atoms with Crippen LogP contribution >= 0.6 is 0 Å². The molecule has 1 N–H and O–H groups in total. The summed E-state index contributed by atoms with van der Waals surface area (Å²) < 4.78 is 5.38. The van der Waals surface area contributed by atoms with Gasteiger partial charge in [0, 0.05) is 6.54 Å². The molecule has 0 amide bonds. The predicted octanol–water partition coefficient (Wildman–Crippen LogP) is -0.0477. The van der Waals surface area contributed by atoms with E-state index in [-0.39, 0.29) is 11.6 Å². The van der Waals surface area contributed by atoms with E-state index in [0.29, 0.717) is 6.61 Å². The average Bonchev–Trinajstić information content (AvgIpc) is 1.87. The van der Waals surface area contributed by atoms with Gasteiger partial charge in [-0.3, -0.25) is 0 Å². The molecule has 0 spiro atoms. The molecule has 1 atom stereocenters. The molecule has 10 heavy (non-hydrogen) atoms. The lowest BCUT2D eigenvalue weighted by molar-refractivity contribution is -0.123. The Labute approximate surface area is 60.7 Å². The Kier molecular flexibility index (Phi) is 2.06. The normalized spacial score (nSPS) is 31.6. The van der Waals surface area contributed by atoms with Gasteiger partial charge < -0.3 is 14.8 Å². The first-order chi connectivity index (χ1) is 4.67. The van der Waals surface area contributed by atoms with Crippen LogP contribution in [-0.2, 0) is 9.53 Å². The first-order valence-corrected chi connectivity index (χ1v) is 3.49. The topological polar surface area (TPSA) is 38.3 Å². The van der Waals surface area contributed by atoms with Gasteiger partial charge in [-0.05, 0) is 13.8 Å². The zero-order chi connectivity index (χ0) is 7.61. The zero-order valence-corrected chi connectivity index (χ0v) is 6.39. The number of hydrogen-bond acceptors (Lipinski definition) is 3. The molecule has 0 aromatic carbocycles. The van der Waals surface area contributed by atoms with E-state index in [4.69, 9.17) is 4.74 Å².